The lowest BCUT2D eigenvalue weighted by atomic mass is 10.0. The maximum Gasteiger partial charge on any atom is 0.0396 e. The van der Waals surface area contributed by atoms with Crippen molar-refractivity contribution < 1.29 is 0 Å². The number of anilines is 1. The summed E-state index contributed by atoms with van der Waals surface area (Å²) in [7, 11) is 2.21. The number of likely N-dealkylation sites (N-methyl/N-ethyl adjacent to an activating group) is 1. The van der Waals surface area contributed by atoms with E-state index in [0.717, 1.165) is 25.9 Å². The zero-order valence-electron chi connectivity index (χ0n) is 13.2. The van der Waals surface area contributed by atoms with Crippen molar-refractivity contribution in [2.75, 3.05) is 38.1 Å². The molecule has 0 radical (unpaired) electrons. The molecule has 20 heavy (non-hydrogen) atoms. The van der Waals surface area contributed by atoms with Crippen molar-refractivity contribution in [1.82, 2.24) is 4.90 Å². The molecule has 1 saturated heterocycles. The molecule has 3 nitrogen and oxygen atoms in total. The monoisotopic (exact) mass is 275 g/mol. The van der Waals surface area contributed by atoms with E-state index in [9.17, 15) is 0 Å². The number of nitrogens with two attached hydrogens (primary N) is 1. The Morgan fingerprint density at radius 2 is 2.00 bits per heavy atom. The maximum atomic E-state index is 6.06. The van der Waals surface area contributed by atoms with Crippen LogP contribution in [0.1, 0.15) is 30.9 Å². The SMILES string of the molecule is CCC(N)Cc1ccc(N2CCCN(C)CC2)c(C)c1. The third-order valence-corrected chi connectivity index (χ3v) is 4.34. The van der Waals surface area contributed by atoms with Crippen LogP contribution in [0.15, 0.2) is 18.2 Å². The number of benzene rings is 1. The van der Waals surface area contributed by atoms with Crippen molar-refractivity contribution in [3.63, 3.8) is 0 Å². The highest BCUT2D eigenvalue weighted by Gasteiger charge is 2.14. The van der Waals surface area contributed by atoms with Crippen LogP contribution in [-0.4, -0.2) is 44.2 Å². The first kappa shape index (κ1) is 15.3. The number of rotatable bonds is 4. The summed E-state index contributed by atoms with van der Waals surface area (Å²) in [6, 6.07) is 7.15. The second kappa shape index (κ2) is 7.09. The molecule has 2 N–H and O–H groups in total. The van der Waals surface area contributed by atoms with Gasteiger partial charge in [-0.3, -0.25) is 0 Å². The number of nitrogens with zero attached hydrogens (tertiary/aromatic N) is 2. The zero-order chi connectivity index (χ0) is 14.5. The molecule has 0 amide bonds. The van der Waals surface area contributed by atoms with Crippen LogP contribution in [0.3, 0.4) is 0 Å². The third kappa shape index (κ3) is 3.97. The van der Waals surface area contributed by atoms with Crippen molar-refractivity contribution in [2.24, 2.45) is 5.73 Å². The minimum absolute atomic E-state index is 0.284. The van der Waals surface area contributed by atoms with E-state index in [1.807, 2.05) is 0 Å². The summed E-state index contributed by atoms with van der Waals surface area (Å²) in [5.41, 5.74) is 10.2. The molecule has 1 atom stereocenters. The summed E-state index contributed by atoms with van der Waals surface area (Å²) in [5, 5.41) is 0. The van der Waals surface area contributed by atoms with Gasteiger partial charge in [-0.25, -0.2) is 0 Å². The highest BCUT2D eigenvalue weighted by atomic mass is 15.2. The van der Waals surface area contributed by atoms with Crippen LogP contribution in [0.25, 0.3) is 0 Å². The third-order valence-electron chi connectivity index (χ3n) is 4.34. The predicted octanol–water partition coefficient (Wildman–Crippen LogP) is 2.42. The van der Waals surface area contributed by atoms with Gasteiger partial charge in [0.2, 0.25) is 0 Å². The van der Waals surface area contributed by atoms with Gasteiger partial charge in [-0.15, -0.1) is 0 Å². The quantitative estimate of drug-likeness (QED) is 0.916. The van der Waals surface area contributed by atoms with E-state index in [4.69, 9.17) is 5.73 Å². The van der Waals surface area contributed by atoms with Gasteiger partial charge in [-0.05, 0) is 57.0 Å². The van der Waals surface area contributed by atoms with Crippen molar-refractivity contribution in [3.05, 3.63) is 29.3 Å². The molecule has 2 rings (SSSR count). The molecule has 112 valence electrons. The van der Waals surface area contributed by atoms with Crippen molar-refractivity contribution in [3.8, 4) is 0 Å². The Bertz CT molecular complexity index is 430. The van der Waals surface area contributed by atoms with E-state index in [-0.39, 0.29) is 6.04 Å². The van der Waals surface area contributed by atoms with Crippen LogP contribution in [-0.2, 0) is 6.42 Å². The van der Waals surface area contributed by atoms with Crippen LogP contribution in [0, 0.1) is 6.92 Å². The summed E-state index contributed by atoms with van der Waals surface area (Å²) >= 11 is 0. The van der Waals surface area contributed by atoms with Gasteiger partial charge in [0.05, 0.1) is 0 Å². The van der Waals surface area contributed by atoms with E-state index in [0.29, 0.717) is 0 Å². The van der Waals surface area contributed by atoms with Gasteiger partial charge < -0.3 is 15.5 Å². The fourth-order valence-corrected chi connectivity index (χ4v) is 2.93. The highest BCUT2D eigenvalue weighted by Crippen LogP contribution is 2.23. The molecule has 1 aromatic carbocycles. The van der Waals surface area contributed by atoms with Crippen molar-refractivity contribution >= 4 is 5.69 Å². The highest BCUT2D eigenvalue weighted by molar-refractivity contribution is 5.54. The van der Waals surface area contributed by atoms with E-state index in [1.165, 1.54) is 36.3 Å². The van der Waals surface area contributed by atoms with E-state index in [2.05, 4.69) is 48.9 Å². The van der Waals surface area contributed by atoms with Crippen LogP contribution in [0.5, 0.6) is 0 Å². The van der Waals surface area contributed by atoms with E-state index in [1.54, 1.807) is 0 Å². The Hall–Kier alpha value is -1.06. The molecule has 0 aromatic heterocycles. The Labute approximate surface area is 123 Å². The predicted molar refractivity (Wildman–Crippen MR) is 87.5 cm³/mol. The molecule has 0 aliphatic carbocycles. The first-order valence-electron chi connectivity index (χ1n) is 7.88. The molecule has 1 unspecified atom stereocenters. The summed E-state index contributed by atoms with van der Waals surface area (Å²) < 4.78 is 0. The number of aryl methyl sites for hydroxylation is 1. The standard InChI is InChI=1S/C17H29N3/c1-4-16(18)13-15-6-7-17(14(2)12-15)20-9-5-8-19(3)10-11-20/h6-7,12,16H,4-5,8-11,13,18H2,1-3H3. The molecule has 0 saturated carbocycles. The number of hydrogen-bond donors (Lipinski definition) is 1. The molecule has 1 aromatic rings. The van der Waals surface area contributed by atoms with E-state index >= 15 is 0 Å². The lowest BCUT2D eigenvalue weighted by Gasteiger charge is -2.25. The first-order chi connectivity index (χ1) is 9.60. The summed E-state index contributed by atoms with van der Waals surface area (Å²) in [5.74, 6) is 0. The molecular formula is C17H29N3. The second-order valence-electron chi connectivity index (χ2n) is 6.14. The lowest BCUT2D eigenvalue weighted by Crippen LogP contribution is -2.29. The Balaban J connectivity index is 2.08. The minimum Gasteiger partial charge on any atom is -0.370 e. The van der Waals surface area contributed by atoms with Gasteiger partial charge in [-0.2, -0.15) is 0 Å². The van der Waals surface area contributed by atoms with Crippen LogP contribution >= 0.6 is 0 Å². The van der Waals surface area contributed by atoms with Crippen molar-refractivity contribution in [2.45, 2.75) is 39.2 Å². The number of hydrogen-bond acceptors (Lipinski definition) is 3. The van der Waals surface area contributed by atoms with Gasteiger partial charge in [0.15, 0.2) is 0 Å². The molecule has 3 heteroatoms. The lowest BCUT2D eigenvalue weighted by molar-refractivity contribution is 0.360. The first-order valence-corrected chi connectivity index (χ1v) is 7.88. The topological polar surface area (TPSA) is 32.5 Å². The van der Waals surface area contributed by atoms with Gasteiger partial charge in [-0.1, -0.05) is 19.1 Å². The Kier molecular flexibility index (Phi) is 5.44. The Morgan fingerprint density at radius 1 is 1.20 bits per heavy atom. The fourth-order valence-electron chi connectivity index (χ4n) is 2.93. The van der Waals surface area contributed by atoms with Crippen LogP contribution in [0.2, 0.25) is 0 Å². The van der Waals surface area contributed by atoms with E-state index < -0.39 is 0 Å². The summed E-state index contributed by atoms with van der Waals surface area (Å²) in [6.45, 7) is 9.04. The molecule has 0 bridgehead atoms. The average Bonchev–Trinajstić information content (AvgIpc) is 2.64. The van der Waals surface area contributed by atoms with Gasteiger partial charge in [0.1, 0.15) is 0 Å². The fraction of sp³-hybridized carbons (Fsp3) is 0.647. The largest absolute Gasteiger partial charge is 0.370 e. The molecule has 1 fully saturated rings. The van der Waals surface area contributed by atoms with Crippen molar-refractivity contribution in [1.29, 1.82) is 0 Å². The average molecular weight is 275 g/mol. The normalized spacial score (nSPS) is 18.9. The summed E-state index contributed by atoms with van der Waals surface area (Å²) in [4.78, 5) is 4.95. The molecular weight excluding hydrogens is 246 g/mol. The summed E-state index contributed by atoms with van der Waals surface area (Å²) in [6.07, 6.45) is 3.28. The van der Waals surface area contributed by atoms with Gasteiger partial charge in [0, 0.05) is 31.4 Å². The van der Waals surface area contributed by atoms with Gasteiger partial charge in [0.25, 0.3) is 0 Å². The minimum atomic E-state index is 0.284. The molecule has 0 spiro atoms. The molecule has 1 heterocycles. The van der Waals surface area contributed by atoms with Crippen LogP contribution in [0.4, 0.5) is 5.69 Å². The van der Waals surface area contributed by atoms with Gasteiger partial charge >= 0.3 is 0 Å². The molecule has 1 aliphatic heterocycles. The smallest absolute Gasteiger partial charge is 0.0396 e. The Morgan fingerprint density at radius 3 is 2.70 bits per heavy atom. The van der Waals surface area contributed by atoms with Crippen LogP contribution < -0.4 is 10.6 Å². The second-order valence-corrected chi connectivity index (χ2v) is 6.14. The maximum absolute atomic E-state index is 6.06. The zero-order valence-corrected chi connectivity index (χ0v) is 13.2. The molecule has 1 aliphatic rings.